The van der Waals surface area contributed by atoms with Gasteiger partial charge in [-0.3, -0.25) is 4.79 Å². The Morgan fingerprint density at radius 1 is 1.58 bits per heavy atom. The van der Waals surface area contributed by atoms with E-state index < -0.39 is 6.09 Å². The van der Waals surface area contributed by atoms with Gasteiger partial charge in [0.1, 0.15) is 5.78 Å². The number of hydrogen-bond acceptors (Lipinski definition) is 2. The van der Waals surface area contributed by atoms with E-state index in [2.05, 4.69) is 0 Å². The number of ketones is 1. The minimum atomic E-state index is -0.929. The van der Waals surface area contributed by atoms with Crippen molar-refractivity contribution in [2.75, 3.05) is 6.54 Å². The van der Waals surface area contributed by atoms with Gasteiger partial charge in [-0.2, -0.15) is 0 Å². The van der Waals surface area contributed by atoms with Crippen LogP contribution in [0.15, 0.2) is 0 Å². The molecule has 1 aliphatic heterocycles. The van der Waals surface area contributed by atoms with E-state index >= 15 is 0 Å². The van der Waals surface area contributed by atoms with E-state index in [-0.39, 0.29) is 17.7 Å². The van der Waals surface area contributed by atoms with Crippen LogP contribution in [-0.4, -0.2) is 34.5 Å². The maximum atomic E-state index is 11.2. The van der Waals surface area contributed by atoms with Crippen LogP contribution in [0.5, 0.6) is 0 Å². The Bertz CT molecular complexity index is 214. The second kappa shape index (κ2) is 3.13. The summed E-state index contributed by atoms with van der Waals surface area (Å²) in [6, 6.07) is -0.161. The summed E-state index contributed by atoms with van der Waals surface area (Å²) in [6.45, 7) is 3.87. The maximum Gasteiger partial charge on any atom is 0.407 e. The third-order valence-electron chi connectivity index (χ3n) is 2.29. The molecule has 2 atom stereocenters. The number of carbonyl (C=O) groups is 2. The summed E-state index contributed by atoms with van der Waals surface area (Å²) >= 11 is 0. The van der Waals surface area contributed by atoms with Crippen molar-refractivity contribution in [1.29, 1.82) is 0 Å². The van der Waals surface area contributed by atoms with Crippen LogP contribution in [0.4, 0.5) is 4.79 Å². The number of nitrogens with zero attached hydrogens (tertiary/aromatic N) is 1. The number of Topliss-reactive ketones (excluding diaryl/α,β-unsaturated/α-hetero) is 1. The second-order valence-electron chi connectivity index (χ2n) is 3.36. The SMILES string of the molecule is C[C@@H]1CN(C(=O)O)[C@@H](C)CC1=O. The van der Waals surface area contributed by atoms with Crippen molar-refractivity contribution in [3.05, 3.63) is 0 Å². The van der Waals surface area contributed by atoms with Crippen molar-refractivity contribution in [2.45, 2.75) is 26.3 Å². The average molecular weight is 171 g/mol. The van der Waals surface area contributed by atoms with Crippen molar-refractivity contribution in [2.24, 2.45) is 5.92 Å². The number of likely N-dealkylation sites (tertiary alicyclic amines) is 1. The standard InChI is InChI=1S/C8H13NO3/c1-5-4-9(8(11)12)6(2)3-7(5)10/h5-6H,3-4H2,1-2H3,(H,11,12)/t5-,6+/m1/s1. The molecule has 1 saturated heterocycles. The van der Waals surface area contributed by atoms with Crippen LogP contribution < -0.4 is 0 Å². The van der Waals surface area contributed by atoms with Gasteiger partial charge in [0.2, 0.25) is 0 Å². The first-order chi connectivity index (χ1) is 5.52. The van der Waals surface area contributed by atoms with E-state index in [1.54, 1.807) is 13.8 Å². The van der Waals surface area contributed by atoms with Gasteiger partial charge in [0.15, 0.2) is 0 Å². The topological polar surface area (TPSA) is 57.6 Å². The quantitative estimate of drug-likeness (QED) is 0.590. The first-order valence-electron chi connectivity index (χ1n) is 4.04. The van der Waals surface area contributed by atoms with Crippen LogP contribution in [0.3, 0.4) is 0 Å². The molecule has 1 aliphatic rings. The van der Waals surface area contributed by atoms with Gasteiger partial charge in [0.25, 0.3) is 0 Å². The molecule has 1 heterocycles. The normalized spacial score (nSPS) is 30.5. The Morgan fingerprint density at radius 3 is 2.67 bits per heavy atom. The first kappa shape index (κ1) is 9.03. The number of carboxylic acid groups (broad SMARTS) is 1. The van der Waals surface area contributed by atoms with E-state index in [0.717, 1.165) is 0 Å². The lowest BCUT2D eigenvalue weighted by Gasteiger charge is -2.33. The highest BCUT2D eigenvalue weighted by Gasteiger charge is 2.31. The van der Waals surface area contributed by atoms with E-state index in [9.17, 15) is 9.59 Å². The molecule has 0 aromatic rings. The lowest BCUT2D eigenvalue weighted by molar-refractivity contribution is -0.126. The van der Waals surface area contributed by atoms with Gasteiger partial charge in [-0.25, -0.2) is 4.79 Å². The Hall–Kier alpha value is -1.06. The lowest BCUT2D eigenvalue weighted by Crippen LogP contribution is -2.47. The summed E-state index contributed by atoms with van der Waals surface area (Å²) in [5, 5.41) is 8.73. The number of amides is 1. The first-order valence-corrected chi connectivity index (χ1v) is 4.04. The Morgan fingerprint density at radius 2 is 2.17 bits per heavy atom. The fraction of sp³-hybridized carbons (Fsp3) is 0.750. The lowest BCUT2D eigenvalue weighted by atomic mass is 9.94. The van der Waals surface area contributed by atoms with E-state index in [1.165, 1.54) is 4.90 Å². The number of piperidine rings is 1. The third-order valence-corrected chi connectivity index (χ3v) is 2.29. The third kappa shape index (κ3) is 1.57. The smallest absolute Gasteiger partial charge is 0.407 e. The molecular weight excluding hydrogens is 158 g/mol. The molecule has 4 nitrogen and oxygen atoms in total. The van der Waals surface area contributed by atoms with Crippen LogP contribution in [0.25, 0.3) is 0 Å². The fourth-order valence-electron chi connectivity index (χ4n) is 1.45. The van der Waals surface area contributed by atoms with Gasteiger partial charge >= 0.3 is 6.09 Å². The fourth-order valence-corrected chi connectivity index (χ4v) is 1.45. The highest BCUT2D eigenvalue weighted by molar-refractivity contribution is 5.83. The number of rotatable bonds is 0. The summed E-state index contributed by atoms with van der Waals surface area (Å²) in [4.78, 5) is 23.1. The van der Waals surface area contributed by atoms with Gasteiger partial charge in [-0.15, -0.1) is 0 Å². The van der Waals surface area contributed by atoms with E-state index in [1.807, 2.05) is 0 Å². The molecular formula is C8H13NO3. The zero-order valence-electron chi connectivity index (χ0n) is 7.28. The molecule has 0 spiro atoms. The van der Waals surface area contributed by atoms with Crippen LogP contribution >= 0.6 is 0 Å². The van der Waals surface area contributed by atoms with Crippen molar-refractivity contribution in [3.8, 4) is 0 Å². The van der Waals surface area contributed by atoms with E-state index in [4.69, 9.17) is 5.11 Å². The number of carbonyl (C=O) groups excluding carboxylic acids is 1. The van der Waals surface area contributed by atoms with Gasteiger partial charge < -0.3 is 10.0 Å². The molecule has 1 fully saturated rings. The predicted molar refractivity (Wildman–Crippen MR) is 43.0 cm³/mol. The van der Waals surface area contributed by atoms with Gasteiger partial charge in [-0.1, -0.05) is 6.92 Å². The molecule has 0 aromatic heterocycles. The minimum absolute atomic E-state index is 0.141. The van der Waals surface area contributed by atoms with Crippen LogP contribution in [0.1, 0.15) is 20.3 Å². The summed E-state index contributed by atoms with van der Waals surface area (Å²) in [5.74, 6) is 0.0253. The molecule has 0 aromatic carbocycles. The molecule has 1 N–H and O–H groups in total. The van der Waals surface area contributed by atoms with Gasteiger partial charge in [0.05, 0.1) is 0 Å². The summed E-state index contributed by atoms with van der Waals surface area (Å²) in [5.41, 5.74) is 0. The second-order valence-corrected chi connectivity index (χ2v) is 3.36. The van der Waals surface area contributed by atoms with E-state index in [0.29, 0.717) is 13.0 Å². The Balaban J connectivity index is 2.67. The van der Waals surface area contributed by atoms with Crippen molar-refractivity contribution in [3.63, 3.8) is 0 Å². The molecule has 4 heteroatoms. The Kier molecular flexibility index (Phi) is 2.35. The summed E-state index contributed by atoms with van der Waals surface area (Å²) in [7, 11) is 0. The molecule has 0 bridgehead atoms. The minimum Gasteiger partial charge on any atom is -0.465 e. The van der Waals surface area contributed by atoms with Gasteiger partial charge in [0, 0.05) is 24.9 Å². The summed E-state index contributed by atoms with van der Waals surface area (Å²) < 4.78 is 0. The highest BCUT2D eigenvalue weighted by atomic mass is 16.4. The van der Waals surface area contributed by atoms with Crippen LogP contribution in [0.2, 0.25) is 0 Å². The molecule has 1 amide bonds. The average Bonchev–Trinajstić information content (AvgIpc) is 1.96. The van der Waals surface area contributed by atoms with Crippen molar-refractivity contribution in [1.82, 2.24) is 4.90 Å². The molecule has 1 rings (SSSR count). The zero-order valence-corrected chi connectivity index (χ0v) is 7.28. The maximum absolute atomic E-state index is 11.2. The van der Waals surface area contributed by atoms with Crippen molar-refractivity contribution < 1.29 is 14.7 Å². The van der Waals surface area contributed by atoms with Crippen LogP contribution in [0, 0.1) is 5.92 Å². The monoisotopic (exact) mass is 171 g/mol. The molecule has 0 radical (unpaired) electrons. The van der Waals surface area contributed by atoms with Gasteiger partial charge in [-0.05, 0) is 6.92 Å². The van der Waals surface area contributed by atoms with Crippen LogP contribution in [-0.2, 0) is 4.79 Å². The van der Waals surface area contributed by atoms with Crippen molar-refractivity contribution >= 4 is 11.9 Å². The largest absolute Gasteiger partial charge is 0.465 e. The predicted octanol–water partition coefficient (Wildman–Crippen LogP) is 0.964. The molecule has 0 saturated carbocycles. The molecule has 12 heavy (non-hydrogen) atoms. The summed E-state index contributed by atoms with van der Waals surface area (Å²) in [6.07, 6.45) is -0.574. The Labute approximate surface area is 71.2 Å². The number of hydrogen-bond donors (Lipinski definition) is 1. The molecule has 68 valence electrons. The zero-order chi connectivity index (χ0) is 9.30. The molecule has 0 aliphatic carbocycles. The molecule has 0 unspecified atom stereocenters. The highest BCUT2D eigenvalue weighted by Crippen LogP contribution is 2.18.